The molecule has 0 radical (unpaired) electrons. The van der Waals surface area contributed by atoms with Crippen LogP contribution in [0.4, 0.5) is 10.5 Å². The van der Waals surface area contributed by atoms with Gasteiger partial charge in [-0.25, -0.2) is 9.59 Å². The van der Waals surface area contributed by atoms with Crippen LogP contribution < -0.4 is 0 Å². The molecule has 1 fully saturated rings. The molecule has 1 aromatic rings. The molecule has 0 aliphatic carbocycles. The molecular formula is C22H22N2O12S. The van der Waals surface area contributed by atoms with E-state index < -0.39 is 59.1 Å². The number of benzene rings is 1. The second kappa shape index (κ2) is 11.7. The zero-order chi connectivity index (χ0) is 27.3. The monoisotopic (exact) mass is 538 g/mol. The summed E-state index contributed by atoms with van der Waals surface area (Å²) in [5.41, 5.74) is 0.222. The van der Waals surface area contributed by atoms with Gasteiger partial charge in [0.15, 0.2) is 0 Å². The van der Waals surface area contributed by atoms with Crippen LogP contribution in [-0.2, 0) is 49.5 Å². The van der Waals surface area contributed by atoms with Crippen LogP contribution in [0.25, 0.3) is 0 Å². The molecule has 1 saturated heterocycles. The number of hydrogen-bond acceptors (Lipinski definition) is 13. The third-order valence-corrected chi connectivity index (χ3v) is 6.54. The molecule has 3 rings (SSSR count). The molecule has 2 heterocycles. The summed E-state index contributed by atoms with van der Waals surface area (Å²) >= 11 is 1.07. The Bertz CT molecular complexity index is 1150. The number of nitrogens with zero attached hydrogens (tertiary/aromatic N) is 2. The van der Waals surface area contributed by atoms with Gasteiger partial charge in [-0.3, -0.25) is 29.4 Å². The van der Waals surface area contributed by atoms with Crippen LogP contribution in [-0.4, -0.2) is 64.7 Å². The lowest BCUT2D eigenvalue weighted by Gasteiger charge is -2.44. The zero-order valence-electron chi connectivity index (χ0n) is 19.9. The number of carbonyl (C=O) groups is 5. The molecule has 2 unspecified atom stereocenters. The van der Waals surface area contributed by atoms with Gasteiger partial charge in [-0.1, -0.05) is 11.8 Å². The van der Waals surface area contributed by atoms with E-state index in [1.807, 2.05) is 0 Å². The highest BCUT2D eigenvalue weighted by atomic mass is 32.2. The third kappa shape index (κ3) is 6.55. The number of esters is 3. The van der Waals surface area contributed by atoms with E-state index >= 15 is 0 Å². The SMILES string of the molecule is CC(=O)OCOC(=O)C1=C(COC(C)=O)S[C@@H]2C(C(C)OC(=O)OCc3ccc([N+](=O)[O-])cc3)C(=O)N12. The fraction of sp³-hybridized carbons (Fsp3) is 0.409. The predicted octanol–water partition coefficient (Wildman–Crippen LogP) is 2.01. The number of non-ortho nitro benzene ring substituents is 1. The highest BCUT2D eigenvalue weighted by Gasteiger charge is 2.59. The molecule has 14 nitrogen and oxygen atoms in total. The van der Waals surface area contributed by atoms with Crippen LogP contribution >= 0.6 is 11.8 Å². The lowest BCUT2D eigenvalue weighted by atomic mass is 9.92. The largest absolute Gasteiger partial charge is 0.508 e. The average Bonchev–Trinajstić information content (AvgIpc) is 3.15. The summed E-state index contributed by atoms with van der Waals surface area (Å²) in [5.74, 6) is -3.62. The lowest BCUT2D eigenvalue weighted by Crippen LogP contribution is -2.61. The van der Waals surface area contributed by atoms with Crippen LogP contribution in [0.2, 0.25) is 0 Å². The number of ether oxygens (including phenoxy) is 5. The molecule has 3 atom stereocenters. The highest BCUT2D eigenvalue weighted by Crippen LogP contribution is 2.51. The van der Waals surface area contributed by atoms with Crippen molar-refractivity contribution in [1.82, 2.24) is 4.90 Å². The number of carbonyl (C=O) groups excluding carboxylic acids is 5. The number of thioether (sulfide) groups is 1. The molecule has 1 aromatic carbocycles. The topological polar surface area (TPSA) is 178 Å². The van der Waals surface area contributed by atoms with E-state index in [-0.39, 0.29) is 29.5 Å². The molecule has 37 heavy (non-hydrogen) atoms. The molecule has 2 aliphatic heterocycles. The fourth-order valence-electron chi connectivity index (χ4n) is 3.45. The van der Waals surface area contributed by atoms with Crippen molar-refractivity contribution < 1.29 is 52.6 Å². The van der Waals surface area contributed by atoms with Crippen molar-refractivity contribution >= 4 is 47.4 Å². The van der Waals surface area contributed by atoms with Gasteiger partial charge in [0.1, 0.15) is 36.3 Å². The Hall–Kier alpha value is -4.14. The molecule has 0 spiro atoms. The molecule has 0 saturated carbocycles. The van der Waals surface area contributed by atoms with Gasteiger partial charge in [-0.2, -0.15) is 0 Å². The second-order valence-corrected chi connectivity index (χ2v) is 8.98. The predicted molar refractivity (Wildman–Crippen MR) is 122 cm³/mol. The van der Waals surface area contributed by atoms with Crippen LogP contribution in [0.5, 0.6) is 0 Å². The number of amides is 1. The number of nitro groups is 1. The second-order valence-electron chi connectivity index (χ2n) is 7.77. The smallest absolute Gasteiger partial charge is 0.460 e. The minimum atomic E-state index is -1.06. The zero-order valence-corrected chi connectivity index (χ0v) is 20.7. The molecule has 0 N–H and O–H groups in total. The molecule has 1 amide bonds. The molecule has 15 heteroatoms. The number of fused-ring (bicyclic) bond motifs is 1. The van der Waals surface area contributed by atoms with Crippen molar-refractivity contribution in [2.45, 2.75) is 38.9 Å². The Labute approximate surface area is 213 Å². The van der Waals surface area contributed by atoms with Crippen molar-refractivity contribution in [1.29, 1.82) is 0 Å². The van der Waals surface area contributed by atoms with E-state index in [0.29, 0.717) is 5.56 Å². The van der Waals surface area contributed by atoms with Crippen molar-refractivity contribution in [3.63, 3.8) is 0 Å². The number of hydrogen-bond donors (Lipinski definition) is 0. The lowest BCUT2D eigenvalue weighted by molar-refractivity contribution is -0.384. The summed E-state index contributed by atoms with van der Waals surface area (Å²) in [6, 6.07) is 5.38. The van der Waals surface area contributed by atoms with E-state index in [1.54, 1.807) is 0 Å². The number of nitro benzene ring substituents is 1. The van der Waals surface area contributed by atoms with E-state index in [2.05, 4.69) is 4.74 Å². The summed E-state index contributed by atoms with van der Waals surface area (Å²) in [6.45, 7) is 2.62. The summed E-state index contributed by atoms with van der Waals surface area (Å²) in [7, 11) is 0. The van der Waals surface area contributed by atoms with Crippen molar-refractivity contribution in [2.75, 3.05) is 13.4 Å². The molecule has 198 valence electrons. The first-order valence-corrected chi connectivity index (χ1v) is 11.6. The summed E-state index contributed by atoms with van der Waals surface area (Å²) in [5, 5.41) is 10.1. The summed E-state index contributed by atoms with van der Waals surface area (Å²) in [6.07, 6.45) is -2.01. The number of rotatable bonds is 10. The Morgan fingerprint density at radius 3 is 2.27 bits per heavy atom. The first-order chi connectivity index (χ1) is 17.5. The van der Waals surface area contributed by atoms with E-state index in [9.17, 15) is 34.1 Å². The molecular weight excluding hydrogens is 516 g/mol. The first-order valence-electron chi connectivity index (χ1n) is 10.7. The van der Waals surface area contributed by atoms with Gasteiger partial charge in [0.25, 0.3) is 5.69 Å². The van der Waals surface area contributed by atoms with Gasteiger partial charge in [-0.05, 0) is 24.6 Å². The van der Waals surface area contributed by atoms with Gasteiger partial charge in [0.2, 0.25) is 12.7 Å². The van der Waals surface area contributed by atoms with Crippen molar-refractivity contribution in [2.24, 2.45) is 5.92 Å². The van der Waals surface area contributed by atoms with Gasteiger partial charge in [0.05, 0.1) is 9.83 Å². The molecule has 2 aliphatic rings. The van der Waals surface area contributed by atoms with Gasteiger partial charge >= 0.3 is 24.1 Å². The van der Waals surface area contributed by atoms with E-state index in [4.69, 9.17) is 18.9 Å². The Kier molecular flexibility index (Phi) is 8.70. The van der Waals surface area contributed by atoms with Gasteiger partial charge < -0.3 is 23.7 Å². The van der Waals surface area contributed by atoms with Crippen molar-refractivity contribution in [3.8, 4) is 0 Å². The first kappa shape index (κ1) is 27.4. The van der Waals surface area contributed by atoms with Crippen LogP contribution in [0.3, 0.4) is 0 Å². The van der Waals surface area contributed by atoms with E-state index in [1.165, 1.54) is 38.1 Å². The maximum atomic E-state index is 12.9. The van der Waals surface area contributed by atoms with Crippen LogP contribution in [0.1, 0.15) is 26.3 Å². The molecule has 0 bridgehead atoms. The molecule has 0 aromatic heterocycles. The maximum Gasteiger partial charge on any atom is 0.508 e. The Balaban J connectivity index is 1.60. The Morgan fingerprint density at radius 2 is 1.68 bits per heavy atom. The van der Waals surface area contributed by atoms with Crippen LogP contribution in [0.15, 0.2) is 34.9 Å². The van der Waals surface area contributed by atoms with Crippen molar-refractivity contribution in [3.05, 3.63) is 50.5 Å². The fourth-order valence-corrected chi connectivity index (χ4v) is 4.96. The highest BCUT2D eigenvalue weighted by molar-refractivity contribution is 8.04. The third-order valence-electron chi connectivity index (χ3n) is 5.20. The minimum absolute atomic E-state index is 0.113. The van der Waals surface area contributed by atoms with Crippen LogP contribution in [0, 0.1) is 16.0 Å². The Morgan fingerprint density at radius 1 is 1.03 bits per heavy atom. The normalized spacial score (nSPS) is 18.8. The quantitative estimate of drug-likeness (QED) is 0.106. The summed E-state index contributed by atoms with van der Waals surface area (Å²) in [4.78, 5) is 71.4. The average molecular weight is 538 g/mol. The standard InChI is InChI=1S/C22H22N2O12S/c1-11(36-22(29)33-8-14-4-6-15(7-5-14)24(30)31)17-19(27)23-18(21(28)35-10-34-13(3)26)16(37-20(17)23)9-32-12(2)25/h4-7,11,17,20H,8-10H2,1-3H3/t11?,17?,20-/m1/s1. The minimum Gasteiger partial charge on any atom is -0.460 e. The number of β-lactam (4-membered cyclic amide) rings is 1. The van der Waals surface area contributed by atoms with Gasteiger partial charge in [-0.15, -0.1) is 0 Å². The maximum absolute atomic E-state index is 12.9. The summed E-state index contributed by atoms with van der Waals surface area (Å²) < 4.78 is 24.7. The van der Waals surface area contributed by atoms with E-state index in [0.717, 1.165) is 23.6 Å². The van der Waals surface area contributed by atoms with Gasteiger partial charge in [0, 0.05) is 26.0 Å².